The lowest BCUT2D eigenvalue weighted by Crippen LogP contribution is -2.33. The van der Waals surface area contributed by atoms with Gasteiger partial charge in [0.15, 0.2) is 0 Å². The molecule has 1 aromatic rings. The van der Waals surface area contributed by atoms with E-state index >= 15 is 0 Å². The van der Waals surface area contributed by atoms with Crippen molar-refractivity contribution >= 4 is 0 Å². The van der Waals surface area contributed by atoms with E-state index in [4.69, 9.17) is 5.73 Å². The Morgan fingerprint density at radius 3 is 2.16 bits per heavy atom. The van der Waals surface area contributed by atoms with E-state index in [1.807, 2.05) is 0 Å². The van der Waals surface area contributed by atoms with E-state index in [2.05, 4.69) is 0 Å². The molecule has 7 heteroatoms. The van der Waals surface area contributed by atoms with Crippen LogP contribution in [-0.4, -0.2) is 31.2 Å². The first-order valence-electron chi connectivity index (χ1n) is 5.64. The summed E-state index contributed by atoms with van der Waals surface area (Å²) in [5.74, 6) is -1.51. The Morgan fingerprint density at radius 1 is 1.16 bits per heavy atom. The van der Waals surface area contributed by atoms with Crippen LogP contribution in [0.15, 0.2) is 18.2 Å². The van der Waals surface area contributed by atoms with Crippen molar-refractivity contribution in [3.8, 4) is 0 Å². The highest BCUT2D eigenvalue weighted by Gasteiger charge is 2.29. The maximum Gasteiger partial charge on any atom is 0.401 e. The normalized spacial score (nSPS) is 13.9. The summed E-state index contributed by atoms with van der Waals surface area (Å²) in [5, 5.41) is 0. The minimum Gasteiger partial charge on any atom is -0.324 e. The maximum absolute atomic E-state index is 13.0. The Morgan fingerprint density at radius 2 is 1.68 bits per heavy atom. The summed E-state index contributed by atoms with van der Waals surface area (Å²) in [6, 6.07) is 2.17. The van der Waals surface area contributed by atoms with Gasteiger partial charge in [0, 0.05) is 12.1 Å². The lowest BCUT2D eigenvalue weighted by molar-refractivity contribution is -0.143. The maximum atomic E-state index is 13.0. The van der Waals surface area contributed by atoms with E-state index in [9.17, 15) is 22.0 Å². The molecule has 0 aliphatic rings. The molecule has 0 saturated heterocycles. The van der Waals surface area contributed by atoms with E-state index in [1.54, 1.807) is 0 Å². The van der Waals surface area contributed by atoms with Crippen molar-refractivity contribution in [3.63, 3.8) is 0 Å². The number of nitrogens with zero attached hydrogens (tertiary/aromatic N) is 1. The first-order valence-corrected chi connectivity index (χ1v) is 5.64. The quantitative estimate of drug-likeness (QED) is 0.841. The standard InChI is InChI=1S/C12H15F5N2/c1-19(7-12(15,16)17)3-2-11(18)8-4-9(13)6-10(14)5-8/h4-6,11H,2-3,7,18H2,1H3. The summed E-state index contributed by atoms with van der Waals surface area (Å²) >= 11 is 0. The largest absolute Gasteiger partial charge is 0.401 e. The lowest BCUT2D eigenvalue weighted by Gasteiger charge is -2.20. The fourth-order valence-corrected chi connectivity index (χ4v) is 1.70. The fourth-order valence-electron chi connectivity index (χ4n) is 1.70. The zero-order chi connectivity index (χ0) is 14.6. The number of hydrogen-bond acceptors (Lipinski definition) is 2. The van der Waals surface area contributed by atoms with Gasteiger partial charge in [0.25, 0.3) is 0 Å². The molecule has 0 amide bonds. The van der Waals surface area contributed by atoms with E-state index in [0.717, 1.165) is 17.0 Å². The SMILES string of the molecule is CN(CCC(N)c1cc(F)cc(F)c1)CC(F)(F)F. The minimum absolute atomic E-state index is 0.0822. The number of hydrogen-bond donors (Lipinski definition) is 1. The molecule has 0 bridgehead atoms. The molecule has 1 aromatic carbocycles. The van der Waals surface area contributed by atoms with Crippen LogP contribution in [0.2, 0.25) is 0 Å². The summed E-state index contributed by atoms with van der Waals surface area (Å²) in [4.78, 5) is 1.06. The summed E-state index contributed by atoms with van der Waals surface area (Å²) in [6.07, 6.45) is -4.10. The molecule has 0 fully saturated rings. The molecule has 0 aromatic heterocycles. The number of benzene rings is 1. The Bertz CT molecular complexity index is 399. The van der Waals surface area contributed by atoms with Crippen molar-refractivity contribution in [3.05, 3.63) is 35.4 Å². The molecule has 0 radical (unpaired) electrons. The van der Waals surface area contributed by atoms with Gasteiger partial charge in [-0.3, -0.25) is 4.90 Å². The first kappa shape index (κ1) is 15.8. The molecule has 0 spiro atoms. The van der Waals surface area contributed by atoms with Gasteiger partial charge in [-0.25, -0.2) is 8.78 Å². The van der Waals surface area contributed by atoms with Crippen LogP contribution in [0, 0.1) is 11.6 Å². The van der Waals surface area contributed by atoms with Crippen LogP contribution in [0.25, 0.3) is 0 Å². The van der Waals surface area contributed by atoms with Gasteiger partial charge in [-0.1, -0.05) is 0 Å². The minimum atomic E-state index is -4.27. The van der Waals surface area contributed by atoms with E-state index in [1.165, 1.54) is 7.05 Å². The molecule has 2 nitrogen and oxygen atoms in total. The third kappa shape index (κ3) is 5.98. The van der Waals surface area contributed by atoms with E-state index in [0.29, 0.717) is 6.07 Å². The predicted molar refractivity (Wildman–Crippen MR) is 61.5 cm³/mol. The van der Waals surface area contributed by atoms with Gasteiger partial charge in [0.05, 0.1) is 6.54 Å². The summed E-state index contributed by atoms with van der Waals surface area (Å²) in [7, 11) is 1.31. The van der Waals surface area contributed by atoms with Crippen LogP contribution < -0.4 is 5.73 Å². The van der Waals surface area contributed by atoms with Crippen molar-refractivity contribution in [2.24, 2.45) is 5.73 Å². The van der Waals surface area contributed by atoms with Crippen LogP contribution in [0.1, 0.15) is 18.0 Å². The van der Waals surface area contributed by atoms with Gasteiger partial charge in [0.2, 0.25) is 0 Å². The average molecular weight is 282 g/mol. The van der Waals surface area contributed by atoms with Crippen LogP contribution >= 0.6 is 0 Å². The third-order valence-electron chi connectivity index (χ3n) is 2.58. The number of halogens is 5. The van der Waals surface area contributed by atoms with Gasteiger partial charge in [-0.05, 0) is 37.7 Å². The Labute approximate surface area is 108 Å². The monoisotopic (exact) mass is 282 g/mol. The molecule has 1 rings (SSSR count). The number of nitrogens with two attached hydrogens (primary N) is 1. The van der Waals surface area contributed by atoms with Crippen LogP contribution in [0.3, 0.4) is 0 Å². The summed E-state index contributed by atoms with van der Waals surface area (Å²) < 4.78 is 62.2. The second kappa shape index (κ2) is 6.29. The molecule has 2 N–H and O–H groups in total. The van der Waals surface area contributed by atoms with E-state index < -0.39 is 30.4 Å². The van der Waals surface area contributed by atoms with Crippen molar-refractivity contribution in [2.45, 2.75) is 18.6 Å². The zero-order valence-electron chi connectivity index (χ0n) is 10.3. The lowest BCUT2D eigenvalue weighted by atomic mass is 10.0. The molecule has 0 saturated carbocycles. The molecule has 1 unspecified atom stereocenters. The number of alkyl halides is 3. The Kier molecular flexibility index (Phi) is 5.25. The van der Waals surface area contributed by atoms with Gasteiger partial charge >= 0.3 is 6.18 Å². The Hall–Kier alpha value is -1.21. The molecule has 0 aliphatic carbocycles. The van der Waals surface area contributed by atoms with Crippen LogP contribution in [-0.2, 0) is 0 Å². The molecule has 0 aliphatic heterocycles. The van der Waals surface area contributed by atoms with Crippen LogP contribution in [0.4, 0.5) is 22.0 Å². The van der Waals surface area contributed by atoms with Crippen molar-refractivity contribution < 1.29 is 22.0 Å². The van der Waals surface area contributed by atoms with Crippen molar-refractivity contribution in [1.82, 2.24) is 4.90 Å². The first-order chi connectivity index (χ1) is 8.67. The highest BCUT2D eigenvalue weighted by Crippen LogP contribution is 2.19. The molecular formula is C12H15F5N2. The van der Waals surface area contributed by atoms with Crippen molar-refractivity contribution in [2.75, 3.05) is 20.1 Å². The van der Waals surface area contributed by atoms with Gasteiger partial charge in [-0.15, -0.1) is 0 Å². The van der Waals surface area contributed by atoms with Crippen molar-refractivity contribution in [1.29, 1.82) is 0 Å². The van der Waals surface area contributed by atoms with Gasteiger partial charge < -0.3 is 5.73 Å². The van der Waals surface area contributed by atoms with E-state index in [-0.39, 0.29) is 18.5 Å². The topological polar surface area (TPSA) is 29.3 Å². The van der Waals surface area contributed by atoms with Gasteiger partial charge in [-0.2, -0.15) is 13.2 Å². The molecule has 19 heavy (non-hydrogen) atoms. The van der Waals surface area contributed by atoms with Gasteiger partial charge in [0.1, 0.15) is 11.6 Å². The summed E-state index contributed by atoms with van der Waals surface area (Å²) in [6.45, 7) is -0.962. The second-order valence-corrected chi connectivity index (χ2v) is 4.45. The molecular weight excluding hydrogens is 267 g/mol. The zero-order valence-corrected chi connectivity index (χ0v) is 10.3. The third-order valence-corrected chi connectivity index (χ3v) is 2.58. The molecule has 0 heterocycles. The highest BCUT2D eigenvalue weighted by atomic mass is 19.4. The second-order valence-electron chi connectivity index (χ2n) is 4.45. The summed E-state index contributed by atoms with van der Waals surface area (Å²) in [5.41, 5.74) is 5.94. The highest BCUT2D eigenvalue weighted by molar-refractivity contribution is 5.21. The predicted octanol–water partition coefficient (Wildman–Crippen LogP) is 2.85. The average Bonchev–Trinajstić information content (AvgIpc) is 2.22. The molecule has 1 atom stereocenters. The smallest absolute Gasteiger partial charge is 0.324 e. The van der Waals surface area contributed by atoms with Crippen LogP contribution in [0.5, 0.6) is 0 Å². The Balaban J connectivity index is 2.53. The number of rotatable bonds is 5. The molecule has 108 valence electrons. The fraction of sp³-hybridized carbons (Fsp3) is 0.500.